The van der Waals surface area contributed by atoms with Crippen LogP contribution >= 0.6 is 11.3 Å². The van der Waals surface area contributed by atoms with E-state index in [0.717, 1.165) is 22.3 Å². The van der Waals surface area contributed by atoms with Crippen molar-refractivity contribution in [3.8, 4) is 0 Å². The van der Waals surface area contributed by atoms with Gasteiger partial charge in [-0.1, -0.05) is 0 Å². The first kappa shape index (κ1) is 13.9. The molecule has 0 bridgehead atoms. The van der Waals surface area contributed by atoms with E-state index in [9.17, 15) is 19.7 Å². The normalized spacial score (nSPS) is 10.4. The summed E-state index contributed by atoms with van der Waals surface area (Å²) in [4.78, 5) is 33.7. The van der Waals surface area contributed by atoms with Gasteiger partial charge in [-0.3, -0.25) is 14.9 Å². The molecule has 0 aromatic carbocycles. The molecule has 0 aliphatic carbocycles. The second-order valence-corrected chi connectivity index (χ2v) is 5.34. The number of aromatic carboxylic acids is 1. The number of hydrogen-bond acceptors (Lipinski definition) is 5. The molecule has 2 heterocycles. The lowest BCUT2D eigenvalue weighted by Crippen LogP contribution is -2.22. The van der Waals surface area contributed by atoms with Crippen molar-refractivity contribution < 1.29 is 14.8 Å². The van der Waals surface area contributed by atoms with Gasteiger partial charge in [0.15, 0.2) is 0 Å². The summed E-state index contributed by atoms with van der Waals surface area (Å²) in [6.45, 7) is 1.85. The fraction of sp³-hybridized carbons (Fsp3) is 0.167. The zero-order valence-corrected chi connectivity index (χ0v) is 11.2. The molecule has 0 unspecified atom stereocenters. The quantitative estimate of drug-likeness (QED) is 0.685. The molecule has 2 aromatic rings. The van der Waals surface area contributed by atoms with Gasteiger partial charge < -0.3 is 9.67 Å². The van der Waals surface area contributed by atoms with Gasteiger partial charge in [0.25, 0.3) is 0 Å². The van der Waals surface area contributed by atoms with Crippen LogP contribution in [0.25, 0.3) is 0 Å². The molecule has 0 spiro atoms. The number of carboxylic acids is 1. The summed E-state index contributed by atoms with van der Waals surface area (Å²) in [5, 5.41) is 19.6. The smallest absolute Gasteiger partial charge is 0.345 e. The number of aromatic nitrogens is 1. The van der Waals surface area contributed by atoms with Gasteiger partial charge in [-0.15, -0.1) is 11.3 Å². The summed E-state index contributed by atoms with van der Waals surface area (Å²) in [5.74, 6) is -1.03. The standard InChI is InChI=1S/C12H10N2O5S/c1-7-8(5-10(20-7)12(16)17)6-13-4-2-3-9(11(13)15)14(18)19/h2-5H,6H2,1H3,(H,16,17). The second kappa shape index (κ2) is 5.25. The summed E-state index contributed by atoms with van der Waals surface area (Å²) in [7, 11) is 0. The molecule has 0 saturated carbocycles. The van der Waals surface area contributed by atoms with Gasteiger partial charge in [0, 0.05) is 17.1 Å². The highest BCUT2D eigenvalue weighted by molar-refractivity contribution is 7.14. The number of nitro groups is 1. The maximum atomic E-state index is 11.9. The molecule has 2 rings (SSSR count). The molecule has 0 aliphatic heterocycles. The zero-order chi connectivity index (χ0) is 14.9. The van der Waals surface area contributed by atoms with Crippen LogP contribution in [-0.4, -0.2) is 20.6 Å². The Hall–Kier alpha value is -2.48. The molecule has 0 amide bonds. The van der Waals surface area contributed by atoms with E-state index in [2.05, 4.69) is 0 Å². The van der Waals surface area contributed by atoms with Crippen molar-refractivity contribution in [2.45, 2.75) is 13.5 Å². The molecule has 8 heteroatoms. The average molecular weight is 294 g/mol. The van der Waals surface area contributed by atoms with Crippen molar-refractivity contribution >= 4 is 23.0 Å². The Balaban J connectivity index is 2.40. The van der Waals surface area contributed by atoms with Gasteiger partial charge >= 0.3 is 17.2 Å². The van der Waals surface area contributed by atoms with E-state index in [4.69, 9.17) is 5.11 Å². The maximum absolute atomic E-state index is 11.9. The van der Waals surface area contributed by atoms with E-state index in [0.29, 0.717) is 5.56 Å². The Bertz CT molecular complexity index is 747. The Kier molecular flexibility index (Phi) is 3.66. The highest BCUT2D eigenvalue weighted by atomic mass is 32.1. The summed E-state index contributed by atoms with van der Waals surface area (Å²) in [6.07, 6.45) is 1.44. The van der Waals surface area contributed by atoms with Crippen molar-refractivity contribution in [2.75, 3.05) is 0 Å². The van der Waals surface area contributed by atoms with Crippen LogP contribution in [0.15, 0.2) is 29.2 Å². The molecular weight excluding hydrogens is 284 g/mol. The molecule has 0 aliphatic rings. The van der Waals surface area contributed by atoms with Crippen LogP contribution in [0.1, 0.15) is 20.1 Å². The molecule has 0 atom stereocenters. The van der Waals surface area contributed by atoms with Crippen molar-refractivity contribution in [3.63, 3.8) is 0 Å². The topological polar surface area (TPSA) is 102 Å². The number of aryl methyl sites for hydroxylation is 1. The van der Waals surface area contributed by atoms with Gasteiger partial charge in [0.1, 0.15) is 4.88 Å². The lowest BCUT2D eigenvalue weighted by molar-refractivity contribution is -0.386. The van der Waals surface area contributed by atoms with Crippen molar-refractivity contribution in [2.24, 2.45) is 0 Å². The number of nitrogens with zero attached hydrogens (tertiary/aromatic N) is 2. The Morgan fingerprint density at radius 1 is 1.55 bits per heavy atom. The molecule has 0 saturated heterocycles. The number of hydrogen-bond donors (Lipinski definition) is 1. The first-order valence-electron chi connectivity index (χ1n) is 5.56. The highest BCUT2D eigenvalue weighted by Gasteiger charge is 2.16. The largest absolute Gasteiger partial charge is 0.477 e. The lowest BCUT2D eigenvalue weighted by atomic mass is 10.2. The summed E-state index contributed by atoms with van der Waals surface area (Å²) < 4.78 is 1.19. The zero-order valence-electron chi connectivity index (χ0n) is 10.4. The van der Waals surface area contributed by atoms with Gasteiger partial charge in [0.05, 0.1) is 11.5 Å². The van der Waals surface area contributed by atoms with Crippen LogP contribution in [0.5, 0.6) is 0 Å². The van der Waals surface area contributed by atoms with Crippen LogP contribution < -0.4 is 5.56 Å². The monoisotopic (exact) mass is 294 g/mol. The van der Waals surface area contributed by atoms with E-state index < -0.39 is 22.1 Å². The summed E-state index contributed by atoms with van der Waals surface area (Å²) in [6, 6.07) is 4.04. The SMILES string of the molecule is Cc1sc(C(=O)O)cc1Cn1cccc([N+](=O)[O-])c1=O. The van der Waals surface area contributed by atoms with Crippen LogP contribution in [0.3, 0.4) is 0 Å². The molecule has 2 aromatic heterocycles. The van der Waals surface area contributed by atoms with Crippen molar-refractivity contribution in [1.82, 2.24) is 4.57 Å². The number of pyridine rings is 1. The molecule has 0 fully saturated rings. The predicted octanol–water partition coefficient (Wildman–Crippen LogP) is 1.87. The Morgan fingerprint density at radius 3 is 2.80 bits per heavy atom. The Morgan fingerprint density at radius 2 is 2.25 bits per heavy atom. The molecular formula is C12H10N2O5S. The Labute approximate surface area is 116 Å². The van der Waals surface area contributed by atoms with E-state index in [1.807, 2.05) is 0 Å². The van der Waals surface area contributed by atoms with Gasteiger partial charge in [-0.2, -0.15) is 0 Å². The van der Waals surface area contributed by atoms with Gasteiger partial charge in [0.2, 0.25) is 0 Å². The van der Waals surface area contributed by atoms with Gasteiger partial charge in [-0.25, -0.2) is 4.79 Å². The van der Waals surface area contributed by atoms with Crippen LogP contribution in [0.4, 0.5) is 5.69 Å². The average Bonchev–Trinajstić information content (AvgIpc) is 2.73. The first-order chi connectivity index (χ1) is 9.40. The van der Waals surface area contributed by atoms with E-state index in [1.54, 1.807) is 6.92 Å². The van der Waals surface area contributed by atoms with E-state index in [1.165, 1.54) is 22.9 Å². The van der Waals surface area contributed by atoms with E-state index in [-0.39, 0.29) is 11.4 Å². The second-order valence-electron chi connectivity index (χ2n) is 4.08. The van der Waals surface area contributed by atoms with Crippen molar-refractivity contribution in [3.05, 3.63) is 60.2 Å². The number of carbonyl (C=O) groups is 1. The van der Waals surface area contributed by atoms with E-state index >= 15 is 0 Å². The lowest BCUT2D eigenvalue weighted by Gasteiger charge is -2.04. The number of thiophene rings is 1. The molecule has 1 N–H and O–H groups in total. The molecule has 7 nitrogen and oxygen atoms in total. The minimum absolute atomic E-state index is 0.107. The minimum atomic E-state index is -1.03. The predicted molar refractivity (Wildman–Crippen MR) is 72.5 cm³/mol. The maximum Gasteiger partial charge on any atom is 0.345 e. The summed E-state index contributed by atoms with van der Waals surface area (Å²) >= 11 is 1.11. The van der Waals surface area contributed by atoms with Gasteiger partial charge in [-0.05, 0) is 24.6 Å². The molecule has 0 radical (unpaired) electrons. The first-order valence-corrected chi connectivity index (χ1v) is 6.38. The fourth-order valence-electron chi connectivity index (χ4n) is 1.75. The van der Waals surface area contributed by atoms with Crippen LogP contribution in [0, 0.1) is 17.0 Å². The molecule has 20 heavy (non-hydrogen) atoms. The third kappa shape index (κ3) is 2.59. The van der Waals surface area contributed by atoms with Crippen LogP contribution in [0.2, 0.25) is 0 Å². The van der Waals surface area contributed by atoms with Crippen LogP contribution in [-0.2, 0) is 6.54 Å². The molecule has 104 valence electrons. The summed E-state index contributed by atoms with van der Waals surface area (Å²) in [5.41, 5.74) is -0.547. The number of carboxylic acid groups (broad SMARTS) is 1. The fourth-order valence-corrected chi connectivity index (χ4v) is 2.63. The number of rotatable bonds is 4. The third-order valence-corrected chi connectivity index (χ3v) is 3.85. The highest BCUT2D eigenvalue weighted by Crippen LogP contribution is 2.22. The third-order valence-electron chi connectivity index (χ3n) is 2.77. The van der Waals surface area contributed by atoms with Crippen molar-refractivity contribution in [1.29, 1.82) is 0 Å². The minimum Gasteiger partial charge on any atom is -0.477 e.